The predicted molar refractivity (Wildman–Crippen MR) is 60.1 cm³/mol. The van der Waals surface area contributed by atoms with Crippen molar-refractivity contribution in [2.45, 2.75) is 18.8 Å². The summed E-state index contributed by atoms with van der Waals surface area (Å²) < 4.78 is 0. The molecule has 0 aliphatic heterocycles. The van der Waals surface area contributed by atoms with E-state index in [0.29, 0.717) is 5.56 Å². The first kappa shape index (κ1) is 12.2. The minimum absolute atomic E-state index is 0.252. The monoisotopic (exact) mass is 244 g/mol. The molecule has 1 aromatic rings. The molecule has 0 unspecified atom stereocenters. The van der Waals surface area contributed by atoms with Crippen LogP contribution in [0.1, 0.15) is 18.9 Å². The van der Waals surface area contributed by atoms with Crippen LogP contribution in [0.4, 0.5) is 0 Å². The summed E-state index contributed by atoms with van der Waals surface area (Å²) >= 11 is 11.0. The summed E-state index contributed by atoms with van der Waals surface area (Å²) in [5.41, 5.74) is -0.878. The molecule has 0 N–H and O–H groups in total. The van der Waals surface area contributed by atoms with Gasteiger partial charge < -0.3 is 0 Å². The summed E-state index contributed by atoms with van der Waals surface area (Å²) in [6.07, 6.45) is 0.252. The Balaban J connectivity index is 3.35. The van der Waals surface area contributed by atoms with Crippen molar-refractivity contribution in [3.05, 3.63) is 35.9 Å². The zero-order chi connectivity index (χ0) is 11.5. The number of carbonyl (C=O) groups excluding carboxylic acids is 2. The van der Waals surface area contributed by atoms with E-state index < -0.39 is 15.9 Å². The van der Waals surface area contributed by atoms with Crippen molar-refractivity contribution < 1.29 is 9.59 Å². The van der Waals surface area contributed by atoms with Crippen LogP contribution < -0.4 is 0 Å². The first-order chi connectivity index (χ1) is 7.05. The molecule has 0 saturated carbocycles. The fraction of sp³-hybridized carbons (Fsp3) is 0.273. The molecular weight excluding hydrogens is 235 g/mol. The molecule has 0 amide bonds. The molecule has 0 atom stereocenters. The molecule has 0 aliphatic carbocycles. The Morgan fingerprint density at radius 3 is 1.93 bits per heavy atom. The van der Waals surface area contributed by atoms with Crippen molar-refractivity contribution in [1.29, 1.82) is 0 Å². The van der Waals surface area contributed by atoms with Gasteiger partial charge in [0.1, 0.15) is 5.41 Å². The molecule has 15 heavy (non-hydrogen) atoms. The van der Waals surface area contributed by atoms with Gasteiger partial charge in [-0.25, -0.2) is 0 Å². The number of benzene rings is 1. The topological polar surface area (TPSA) is 34.1 Å². The van der Waals surface area contributed by atoms with E-state index in [0.717, 1.165) is 0 Å². The lowest BCUT2D eigenvalue weighted by atomic mass is 9.80. The predicted octanol–water partition coefficient (Wildman–Crippen LogP) is 2.87. The van der Waals surface area contributed by atoms with E-state index in [2.05, 4.69) is 0 Å². The van der Waals surface area contributed by atoms with Gasteiger partial charge in [-0.3, -0.25) is 9.59 Å². The molecule has 2 nitrogen and oxygen atoms in total. The molecular formula is C11H10Cl2O2. The highest BCUT2D eigenvalue weighted by Crippen LogP contribution is 2.33. The second-order valence-electron chi connectivity index (χ2n) is 3.17. The maximum atomic E-state index is 11.4. The Labute approximate surface area is 98.2 Å². The van der Waals surface area contributed by atoms with Crippen molar-refractivity contribution in [2.75, 3.05) is 0 Å². The highest BCUT2D eigenvalue weighted by atomic mass is 35.5. The molecule has 0 fully saturated rings. The first-order valence-electron chi connectivity index (χ1n) is 4.51. The largest absolute Gasteiger partial charge is 0.280 e. The normalized spacial score (nSPS) is 11.1. The van der Waals surface area contributed by atoms with Gasteiger partial charge in [0.05, 0.1) is 0 Å². The van der Waals surface area contributed by atoms with Crippen LogP contribution in [0.5, 0.6) is 0 Å². The quantitative estimate of drug-likeness (QED) is 0.603. The smallest absolute Gasteiger partial charge is 0.241 e. The summed E-state index contributed by atoms with van der Waals surface area (Å²) in [5.74, 6) is 0. The van der Waals surface area contributed by atoms with Crippen LogP contribution in [0.25, 0.3) is 0 Å². The molecule has 0 radical (unpaired) electrons. The number of rotatable bonds is 4. The van der Waals surface area contributed by atoms with Crippen LogP contribution in [-0.4, -0.2) is 10.5 Å². The minimum Gasteiger partial charge on any atom is -0.280 e. The molecule has 0 heterocycles. The molecule has 0 spiro atoms. The van der Waals surface area contributed by atoms with Crippen LogP contribution in [-0.2, 0) is 15.0 Å². The summed E-state index contributed by atoms with van der Waals surface area (Å²) in [7, 11) is 0. The second kappa shape index (κ2) is 4.77. The fourth-order valence-corrected chi connectivity index (χ4v) is 2.21. The summed E-state index contributed by atoms with van der Waals surface area (Å²) in [6.45, 7) is 1.70. The zero-order valence-electron chi connectivity index (χ0n) is 8.17. The Kier molecular flexibility index (Phi) is 3.89. The summed E-state index contributed by atoms with van der Waals surface area (Å²) in [4.78, 5) is 22.8. The first-order valence-corrected chi connectivity index (χ1v) is 5.26. The Morgan fingerprint density at radius 1 is 1.13 bits per heavy atom. The highest BCUT2D eigenvalue weighted by molar-refractivity contribution is 6.76. The Hall–Kier alpha value is -0.860. The molecule has 1 aromatic carbocycles. The van der Waals surface area contributed by atoms with Gasteiger partial charge in [-0.05, 0) is 35.2 Å². The van der Waals surface area contributed by atoms with E-state index in [1.165, 1.54) is 0 Å². The number of hydrogen-bond donors (Lipinski definition) is 0. The third kappa shape index (κ3) is 2.06. The van der Waals surface area contributed by atoms with Gasteiger partial charge in [0.15, 0.2) is 0 Å². The van der Waals surface area contributed by atoms with Gasteiger partial charge in [-0.15, -0.1) is 0 Å². The van der Waals surface area contributed by atoms with Crippen LogP contribution >= 0.6 is 23.2 Å². The molecule has 0 bridgehead atoms. The van der Waals surface area contributed by atoms with Gasteiger partial charge in [0, 0.05) is 0 Å². The van der Waals surface area contributed by atoms with Crippen molar-refractivity contribution >= 4 is 33.7 Å². The van der Waals surface area contributed by atoms with E-state index in [9.17, 15) is 9.59 Å². The van der Waals surface area contributed by atoms with E-state index in [4.69, 9.17) is 23.2 Å². The SMILES string of the molecule is CCC(C(=O)Cl)(C(=O)Cl)c1ccccc1. The van der Waals surface area contributed by atoms with Gasteiger partial charge in [0.25, 0.3) is 0 Å². The van der Waals surface area contributed by atoms with Gasteiger partial charge in [-0.1, -0.05) is 37.3 Å². The maximum absolute atomic E-state index is 11.4. The second-order valence-corrected chi connectivity index (χ2v) is 3.86. The lowest BCUT2D eigenvalue weighted by Gasteiger charge is -2.24. The molecule has 0 saturated heterocycles. The lowest BCUT2D eigenvalue weighted by Crippen LogP contribution is -2.38. The average molecular weight is 245 g/mol. The van der Waals surface area contributed by atoms with Gasteiger partial charge in [-0.2, -0.15) is 0 Å². The molecule has 80 valence electrons. The Bertz CT molecular complexity index is 359. The fourth-order valence-electron chi connectivity index (χ4n) is 1.51. The Morgan fingerprint density at radius 2 is 1.60 bits per heavy atom. The van der Waals surface area contributed by atoms with Crippen molar-refractivity contribution in [2.24, 2.45) is 0 Å². The average Bonchev–Trinajstić information content (AvgIpc) is 2.20. The lowest BCUT2D eigenvalue weighted by molar-refractivity contribution is -0.126. The number of hydrogen-bond acceptors (Lipinski definition) is 2. The molecule has 0 aliphatic rings. The third-order valence-electron chi connectivity index (χ3n) is 2.47. The van der Waals surface area contributed by atoms with Crippen molar-refractivity contribution in [3.8, 4) is 0 Å². The third-order valence-corrected chi connectivity index (χ3v) is 3.11. The van der Waals surface area contributed by atoms with E-state index in [-0.39, 0.29) is 6.42 Å². The van der Waals surface area contributed by atoms with Crippen LogP contribution in [0.2, 0.25) is 0 Å². The van der Waals surface area contributed by atoms with Crippen molar-refractivity contribution in [1.82, 2.24) is 0 Å². The zero-order valence-corrected chi connectivity index (χ0v) is 9.68. The summed E-state index contributed by atoms with van der Waals surface area (Å²) in [5, 5.41) is -1.48. The number of halogens is 2. The number of carbonyl (C=O) groups is 2. The van der Waals surface area contributed by atoms with E-state index in [1.54, 1.807) is 37.3 Å². The minimum atomic E-state index is -1.41. The molecule has 1 rings (SSSR count). The highest BCUT2D eigenvalue weighted by Gasteiger charge is 2.43. The van der Waals surface area contributed by atoms with E-state index >= 15 is 0 Å². The standard InChI is InChI=1S/C11H10Cl2O2/c1-2-11(9(12)14,10(13)15)8-6-4-3-5-7-8/h3-7H,2H2,1H3. The van der Waals surface area contributed by atoms with Crippen LogP contribution in [0.15, 0.2) is 30.3 Å². The van der Waals surface area contributed by atoms with Gasteiger partial charge >= 0.3 is 0 Å². The van der Waals surface area contributed by atoms with Crippen LogP contribution in [0, 0.1) is 0 Å². The van der Waals surface area contributed by atoms with Gasteiger partial charge in [0.2, 0.25) is 10.5 Å². The molecule has 4 heteroatoms. The van der Waals surface area contributed by atoms with Crippen LogP contribution in [0.3, 0.4) is 0 Å². The molecule has 0 aromatic heterocycles. The van der Waals surface area contributed by atoms with E-state index in [1.807, 2.05) is 0 Å². The summed E-state index contributed by atoms with van der Waals surface area (Å²) in [6, 6.07) is 8.61. The van der Waals surface area contributed by atoms with Crippen molar-refractivity contribution in [3.63, 3.8) is 0 Å². The maximum Gasteiger partial charge on any atom is 0.241 e.